The standard InChI is InChI=1S/C20H24N2O2/c1-20-10-9-19(23)22(3)17(20)8-5-13-11-18(20)21(2)16-7-6-14(24-4)12-15(13)16/h6-8,11-13H,5,9-10H2,1-4H3. The van der Waals surface area contributed by atoms with Gasteiger partial charge in [-0.05, 0) is 43.5 Å². The number of methoxy groups -OCH3 is 1. The number of fused-ring (bicyclic) bond motifs is 5. The first-order valence-corrected chi connectivity index (χ1v) is 8.57. The highest BCUT2D eigenvalue weighted by Gasteiger charge is 2.45. The van der Waals surface area contributed by atoms with Crippen LogP contribution in [0.25, 0.3) is 0 Å². The molecule has 2 aliphatic heterocycles. The number of piperidine rings is 1. The zero-order valence-electron chi connectivity index (χ0n) is 14.8. The van der Waals surface area contributed by atoms with Gasteiger partial charge in [0.2, 0.25) is 5.91 Å². The topological polar surface area (TPSA) is 32.8 Å². The Bertz CT molecular complexity index is 780. The van der Waals surface area contributed by atoms with Crippen molar-refractivity contribution in [2.24, 2.45) is 5.41 Å². The van der Waals surface area contributed by atoms with Crippen LogP contribution in [0.1, 0.15) is 37.7 Å². The molecule has 0 aromatic heterocycles. The van der Waals surface area contributed by atoms with Crippen molar-refractivity contribution in [2.45, 2.75) is 32.1 Å². The summed E-state index contributed by atoms with van der Waals surface area (Å²) in [5, 5.41) is 0. The van der Waals surface area contributed by atoms with E-state index in [1.807, 2.05) is 18.0 Å². The molecule has 4 nitrogen and oxygen atoms in total. The van der Waals surface area contributed by atoms with E-state index < -0.39 is 0 Å². The second-order valence-electron chi connectivity index (χ2n) is 7.25. The van der Waals surface area contributed by atoms with Gasteiger partial charge in [-0.15, -0.1) is 0 Å². The number of benzene rings is 1. The van der Waals surface area contributed by atoms with Crippen LogP contribution in [0.2, 0.25) is 0 Å². The van der Waals surface area contributed by atoms with E-state index >= 15 is 0 Å². The minimum Gasteiger partial charge on any atom is -0.497 e. The summed E-state index contributed by atoms with van der Waals surface area (Å²) < 4.78 is 5.42. The van der Waals surface area contributed by atoms with E-state index in [0.29, 0.717) is 12.3 Å². The Morgan fingerprint density at radius 2 is 2.00 bits per heavy atom. The number of hydrogen-bond donors (Lipinski definition) is 0. The van der Waals surface area contributed by atoms with Crippen LogP contribution < -0.4 is 9.64 Å². The molecule has 126 valence electrons. The van der Waals surface area contributed by atoms with Crippen molar-refractivity contribution in [3.05, 3.63) is 47.3 Å². The predicted octanol–water partition coefficient (Wildman–Crippen LogP) is 3.66. The van der Waals surface area contributed by atoms with Crippen molar-refractivity contribution in [3.8, 4) is 5.75 Å². The summed E-state index contributed by atoms with van der Waals surface area (Å²) in [6, 6.07) is 6.33. The van der Waals surface area contributed by atoms with E-state index in [-0.39, 0.29) is 11.3 Å². The van der Waals surface area contributed by atoms with Gasteiger partial charge in [-0.3, -0.25) is 4.79 Å². The predicted molar refractivity (Wildman–Crippen MR) is 95.0 cm³/mol. The molecule has 1 amide bonds. The molecule has 0 spiro atoms. The van der Waals surface area contributed by atoms with E-state index in [0.717, 1.165) is 24.3 Å². The van der Waals surface area contributed by atoms with Gasteiger partial charge in [0.15, 0.2) is 0 Å². The minimum atomic E-state index is -0.107. The second kappa shape index (κ2) is 5.13. The highest BCUT2D eigenvalue weighted by molar-refractivity contribution is 5.80. The van der Waals surface area contributed by atoms with Crippen molar-refractivity contribution in [3.63, 3.8) is 0 Å². The van der Waals surface area contributed by atoms with Crippen LogP contribution >= 0.6 is 0 Å². The number of carbonyl (C=O) groups excluding carboxylic acids is 1. The third-order valence-corrected chi connectivity index (χ3v) is 5.99. The number of hydrogen-bond acceptors (Lipinski definition) is 3. The van der Waals surface area contributed by atoms with Crippen LogP contribution in [-0.4, -0.2) is 32.0 Å². The normalized spacial score (nSPS) is 28.5. The maximum Gasteiger partial charge on any atom is 0.226 e. The zero-order valence-corrected chi connectivity index (χ0v) is 14.8. The van der Waals surface area contributed by atoms with Crippen LogP contribution in [-0.2, 0) is 4.79 Å². The van der Waals surface area contributed by atoms with Gasteiger partial charge in [-0.2, -0.15) is 0 Å². The molecule has 4 heteroatoms. The first-order valence-electron chi connectivity index (χ1n) is 8.57. The molecule has 1 aromatic rings. The smallest absolute Gasteiger partial charge is 0.226 e. The SMILES string of the molecule is COc1ccc2c(c1)C1C=C(N2C)C2(C)CCC(=O)N(C)C2=CC1. The van der Waals surface area contributed by atoms with E-state index in [4.69, 9.17) is 4.74 Å². The van der Waals surface area contributed by atoms with Crippen molar-refractivity contribution < 1.29 is 9.53 Å². The largest absolute Gasteiger partial charge is 0.497 e. The van der Waals surface area contributed by atoms with Crippen LogP contribution in [0.15, 0.2) is 41.7 Å². The third-order valence-electron chi connectivity index (χ3n) is 5.99. The van der Waals surface area contributed by atoms with E-state index in [9.17, 15) is 4.79 Å². The Hall–Kier alpha value is -2.23. The summed E-state index contributed by atoms with van der Waals surface area (Å²) in [5.74, 6) is 1.45. The molecular weight excluding hydrogens is 300 g/mol. The Morgan fingerprint density at radius 3 is 2.75 bits per heavy atom. The molecule has 1 aliphatic carbocycles. The van der Waals surface area contributed by atoms with Gasteiger partial charge in [-0.1, -0.05) is 12.2 Å². The number of allylic oxidation sites excluding steroid dienone is 2. The van der Waals surface area contributed by atoms with Crippen LogP contribution in [0.3, 0.4) is 0 Å². The monoisotopic (exact) mass is 324 g/mol. The summed E-state index contributed by atoms with van der Waals surface area (Å²) in [5.41, 5.74) is 4.90. The molecule has 2 heterocycles. The summed E-state index contributed by atoms with van der Waals surface area (Å²) in [7, 11) is 5.76. The number of ether oxygens (including phenoxy) is 1. The molecule has 1 aromatic carbocycles. The fourth-order valence-electron chi connectivity index (χ4n) is 4.55. The van der Waals surface area contributed by atoms with E-state index in [2.05, 4.69) is 43.2 Å². The molecule has 3 aliphatic rings. The van der Waals surface area contributed by atoms with Crippen molar-refractivity contribution >= 4 is 11.6 Å². The van der Waals surface area contributed by atoms with Crippen LogP contribution in [0.5, 0.6) is 5.75 Å². The lowest BCUT2D eigenvalue weighted by molar-refractivity contribution is -0.131. The van der Waals surface area contributed by atoms with E-state index in [1.165, 1.54) is 16.9 Å². The number of likely N-dealkylation sites (tertiary alicyclic amines) is 1. The van der Waals surface area contributed by atoms with Crippen LogP contribution in [0, 0.1) is 5.41 Å². The highest BCUT2D eigenvalue weighted by atomic mass is 16.5. The average molecular weight is 324 g/mol. The van der Waals surface area contributed by atoms with Gasteiger partial charge in [-0.25, -0.2) is 0 Å². The number of nitrogens with zero attached hydrogens (tertiary/aromatic N) is 2. The fourth-order valence-corrected chi connectivity index (χ4v) is 4.55. The lowest BCUT2D eigenvalue weighted by atomic mass is 9.74. The number of rotatable bonds is 1. The highest BCUT2D eigenvalue weighted by Crippen LogP contribution is 2.53. The van der Waals surface area contributed by atoms with Gasteiger partial charge in [0.25, 0.3) is 0 Å². The van der Waals surface area contributed by atoms with E-state index in [1.54, 1.807) is 7.11 Å². The quantitative estimate of drug-likeness (QED) is 0.790. The first-order chi connectivity index (χ1) is 11.5. The molecule has 2 atom stereocenters. The number of carbonyl (C=O) groups is 1. The fraction of sp³-hybridized carbons (Fsp3) is 0.450. The average Bonchev–Trinajstić information content (AvgIpc) is 2.72. The number of anilines is 1. The lowest BCUT2D eigenvalue weighted by Crippen LogP contribution is -2.45. The van der Waals surface area contributed by atoms with Crippen molar-refractivity contribution in [1.29, 1.82) is 0 Å². The molecule has 0 radical (unpaired) electrons. The summed E-state index contributed by atoms with van der Waals surface area (Å²) in [6.07, 6.45) is 7.06. The molecule has 2 unspecified atom stereocenters. The van der Waals surface area contributed by atoms with Gasteiger partial charge in [0.05, 0.1) is 7.11 Å². The van der Waals surface area contributed by atoms with Gasteiger partial charge in [0.1, 0.15) is 5.75 Å². The number of amides is 1. The summed E-state index contributed by atoms with van der Waals surface area (Å²) in [6.45, 7) is 2.28. The molecule has 0 saturated carbocycles. The Morgan fingerprint density at radius 1 is 1.21 bits per heavy atom. The summed E-state index contributed by atoms with van der Waals surface area (Å²) >= 11 is 0. The molecule has 2 bridgehead atoms. The maximum absolute atomic E-state index is 12.2. The van der Waals surface area contributed by atoms with Crippen molar-refractivity contribution in [2.75, 3.05) is 26.1 Å². The molecule has 1 saturated heterocycles. The van der Waals surface area contributed by atoms with Crippen LogP contribution in [0.4, 0.5) is 5.69 Å². The molecule has 4 rings (SSSR count). The Kier molecular flexibility index (Phi) is 3.27. The lowest BCUT2D eigenvalue weighted by Gasteiger charge is -2.46. The Labute approximate surface area is 143 Å². The molecule has 1 fully saturated rings. The molecule has 0 N–H and O–H groups in total. The van der Waals surface area contributed by atoms with Gasteiger partial charge in [0, 0.05) is 48.9 Å². The maximum atomic E-state index is 12.2. The van der Waals surface area contributed by atoms with Crippen molar-refractivity contribution in [1.82, 2.24) is 4.90 Å². The zero-order chi connectivity index (χ0) is 17.1. The summed E-state index contributed by atoms with van der Waals surface area (Å²) in [4.78, 5) is 16.4. The molecule has 24 heavy (non-hydrogen) atoms. The second-order valence-corrected chi connectivity index (χ2v) is 7.25. The van der Waals surface area contributed by atoms with Gasteiger partial charge >= 0.3 is 0 Å². The first kappa shape index (κ1) is 15.3. The Balaban J connectivity index is 1.87. The third kappa shape index (κ3) is 1.95. The molecular formula is C20H24N2O2. The van der Waals surface area contributed by atoms with Gasteiger partial charge < -0.3 is 14.5 Å². The minimum absolute atomic E-state index is 0.107.